The van der Waals surface area contributed by atoms with E-state index in [-0.39, 0.29) is 6.10 Å². The van der Waals surface area contributed by atoms with Crippen LogP contribution in [0, 0.1) is 5.92 Å². The molecule has 0 aliphatic rings. The van der Waals surface area contributed by atoms with Gasteiger partial charge in [0.1, 0.15) is 11.5 Å². The third-order valence-corrected chi connectivity index (χ3v) is 3.59. The number of nitrogens with one attached hydrogen (secondary N) is 2. The Kier molecular flexibility index (Phi) is 4.52. The molecular weight excluding hydrogens is 290 g/mol. The number of hydrogen-bond acceptors (Lipinski definition) is 5. The minimum Gasteiger partial charge on any atom is -0.391 e. The minimum absolute atomic E-state index is 0.379. The number of aromatic amines is 1. The minimum atomic E-state index is -0.379. The van der Waals surface area contributed by atoms with Crippen molar-refractivity contribution in [3.63, 3.8) is 0 Å². The lowest BCUT2D eigenvalue weighted by atomic mass is 10.1. The molecule has 0 saturated heterocycles. The van der Waals surface area contributed by atoms with Gasteiger partial charge in [-0.15, -0.1) is 0 Å². The maximum absolute atomic E-state index is 9.96. The number of anilines is 1. The largest absolute Gasteiger partial charge is 0.391 e. The molecule has 0 saturated carbocycles. The predicted octanol–water partition coefficient (Wildman–Crippen LogP) is 2.84. The van der Waals surface area contributed by atoms with Crippen LogP contribution in [0.2, 0.25) is 0 Å². The number of aliphatic hydroxyl groups excluding tert-OH is 1. The van der Waals surface area contributed by atoms with E-state index in [0.717, 1.165) is 34.7 Å². The summed E-state index contributed by atoms with van der Waals surface area (Å²) in [5.74, 6) is 1.19. The van der Waals surface area contributed by atoms with Crippen molar-refractivity contribution < 1.29 is 5.11 Å². The molecule has 0 aromatic carbocycles. The van der Waals surface area contributed by atoms with Crippen molar-refractivity contribution in [2.24, 2.45) is 5.92 Å². The number of rotatable bonds is 6. The maximum Gasteiger partial charge on any atom is 0.155 e. The monoisotopic (exact) mass is 311 g/mol. The number of pyridine rings is 2. The zero-order valence-electron chi connectivity index (χ0n) is 13.3. The Bertz CT molecular complexity index is 783. The van der Waals surface area contributed by atoms with Gasteiger partial charge in [-0.05, 0) is 36.6 Å². The normalized spacial score (nSPS) is 12.7. The first kappa shape index (κ1) is 15.4. The van der Waals surface area contributed by atoms with Crippen LogP contribution in [0.1, 0.15) is 20.3 Å². The van der Waals surface area contributed by atoms with Crippen LogP contribution >= 0.6 is 0 Å². The first-order valence-electron chi connectivity index (χ1n) is 7.82. The van der Waals surface area contributed by atoms with Gasteiger partial charge in [-0.3, -0.25) is 5.10 Å². The van der Waals surface area contributed by atoms with Crippen molar-refractivity contribution >= 4 is 16.9 Å². The molecule has 0 radical (unpaired) electrons. The molecule has 0 spiro atoms. The van der Waals surface area contributed by atoms with Crippen LogP contribution in [-0.2, 0) is 0 Å². The van der Waals surface area contributed by atoms with Gasteiger partial charge in [-0.2, -0.15) is 5.10 Å². The zero-order valence-corrected chi connectivity index (χ0v) is 13.3. The highest BCUT2D eigenvalue weighted by atomic mass is 16.3. The van der Waals surface area contributed by atoms with Crippen LogP contribution in [0.25, 0.3) is 22.4 Å². The van der Waals surface area contributed by atoms with Crippen LogP contribution in [0.4, 0.5) is 5.82 Å². The second-order valence-corrected chi connectivity index (χ2v) is 6.04. The van der Waals surface area contributed by atoms with Gasteiger partial charge in [-0.25, -0.2) is 9.97 Å². The first-order valence-corrected chi connectivity index (χ1v) is 7.82. The van der Waals surface area contributed by atoms with E-state index in [9.17, 15) is 5.11 Å². The fourth-order valence-corrected chi connectivity index (χ4v) is 2.56. The summed E-state index contributed by atoms with van der Waals surface area (Å²) in [6, 6.07) is 9.58. The quantitative estimate of drug-likeness (QED) is 0.651. The summed E-state index contributed by atoms with van der Waals surface area (Å²) < 4.78 is 0. The Morgan fingerprint density at radius 1 is 1.22 bits per heavy atom. The van der Waals surface area contributed by atoms with Gasteiger partial charge in [0.2, 0.25) is 0 Å². The lowest BCUT2D eigenvalue weighted by Gasteiger charge is -2.14. The van der Waals surface area contributed by atoms with E-state index in [1.54, 1.807) is 6.20 Å². The molecule has 0 fully saturated rings. The molecule has 6 nitrogen and oxygen atoms in total. The van der Waals surface area contributed by atoms with Crippen molar-refractivity contribution in [2.45, 2.75) is 26.4 Å². The van der Waals surface area contributed by atoms with E-state index in [2.05, 4.69) is 39.3 Å². The number of fused-ring (bicyclic) bond motifs is 1. The van der Waals surface area contributed by atoms with E-state index in [4.69, 9.17) is 0 Å². The van der Waals surface area contributed by atoms with E-state index in [1.165, 1.54) is 0 Å². The molecule has 0 bridgehead atoms. The number of aliphatic hydroxyl groups is 1. The fourth-order valence-electron chi connectivity index (χ4n) is 2.56. The lowest BCUT2D eigenvalue weighted by molar-refractivity contribution is 0.161. The fraction of sp³-hybridized carbons (Fsp3) is 0.353. The molecule has 0 amide bonds. The van der Waals surface area contributed by atoms with Gasteiger partial charge in [-0.1, -0.05) is 19.9 Å². The second kappa shape index (κ2) is 6.75. The van der Waals surface area contributed by atoms with Gasteiger partial charge < -0.3 is 10.4 Å². The number of H-pyrrole nitrogens is 1. The van der Waals surface area contributed by atoms with Crippen LogP contribution in [0.3, 0.4) is 0 Å². The highest BCUT2D eigenvalue weighted by Crippen LogP contribution is 2.24. The van der Waals surface area contributed by atoms with E-state index in [0.29, 0.717) is 12.5 Å². The molecule has 6 heteroatoms. The molecule has 3 rings (SSSR count). The molecule has 23 heavy (non-hydrogen) atoms. The van der Waals surface area contributed by atoms with Gasteiger partial charge in [0, 0.05) is 18.1 Å². The average molecular weight is 311 g/mol. The smallest absolute Gasteiger partial charge is 0.155 e. The first-order chi connectivity index (χ1) is 11.1. The third kappa shape index (κ3) is 3.65. The molecule has 1 atom stereocenters. The van der Waals surface area contributed by atoms with Gasteiger partial charge >= 0.3 is 0 Å². The number of aromatic nitrogens is 4. The highest BCUT2D eigenvalue weighted by Gasteiger charge is 2.11. The molecule has 3 aromatic rings. The molecule has 3 heterocycles. The Hall–Kier alpha value is -2.47. The molecule has 0 aliphatic heterocycles. The van der Waals surface area contributed by atoms with Crippen molar-refractivity contribution in [1.82, 2.24) is 20.2 Å². The maximum atomic E-state index is 9.96. The van der Waals surface area contributed by atoms with E-state index >= 15 is 0 Å². The molecule has 0 aliphatic carbocycles. The van der Waals surface area contributed by atoms with Crippen molar-refractivity contribution in [2.75, 3.05) is 11.9 Å². The van der Waals surface area contributed by atoms with Crippen molar-refractivity contribution in [3.8, 4) is 11.4 Å². The highest BCUT2D eigenvalue weighted by molar-refractivity contribution is 5.89. The Morgan fingerprint density at radius 2 is 2.09 bits per heavy atom. The summed E-state index contributed by atoms with van der Waals surface area (Å²) in [5, 5.41) is 21.3. The van der Waals surface area contributed by atoms with Crippen LogP contribution < -0.4 is 5.32 Å². The van der Waals surface area contributed by atoms with Crippen LogP contribution in [0.5, 0.6) is 0 Å². The number of hydrogen-bond donors (Lipinski definition) is 3. The third-order valence-electron chi connectivity index (χ3n) is 3.59. The number of nitrogens with zero attached hydrogens (tertiary/aromatic N) is 3. The lowest BCUT2D eigenvalue weighted by Crippen LogP contribution is -2.21. The summed E-state index contributed by atoms with van der Waals surface area (Å²) in [4.78, 5) is 8.83. The summed E-state index contributed by atoms with van der Waals surface area (Å²) in [6.45, 7) is 4.68. The molecule has 120 valence electrons. The molecular formula is C17H21N5O. The Labute approximate surface area is 135 Å². The van der Waals surface area contributed by atoms with E-state index < -0.39 is 0 Å². The summed E-state index contributed by atoms with van der Waals surface area (Å²) >= 11 is 0. The Morgan fingerprint density at radius 3 is 2.91 bits per heavy atom. The van der Waals surface area contributed by atoms with Gasteiger partial charge in [0.25, 0.3) is 0 Å². The molecule has 3 N–H and O–H groups in total. The predicted molar refractivity (Wildman–Crippen MR) is 91.1 cm³/mol. The zero-order chi connectivity index (χ0) is 16.2. The summed E-state index contributed by atoms with van der Waals surface area (Å²) in [5.41, 5.74) is 2.29. The van der Waals surface area contributed by atoms with Crippen LogP contribution in [0.15, 0.2) is 36.5 Å². The van der Waals surface area contributed by atoms with Gasteiger partial charge in [0.05, 0.1) is 11.8 Å². The van der Waals surface area contributed by atoms with E-state index in [1.807, 2.05) is 30.3 Å². The standard InChI is InChI=1S/C17H21N5O/c1-11(2)9-12(23)10-19-15-7-3-6-14(20-15)16-13-5-4-8-18-17(13)22-21-16/h3-8,11-12,23H,9-10H2,1-2H3,(H,19,20)(H,18,21,22). The van der Waals surface area contributed by atoms with Crippen LogP contribution in [-0.4, -0.2) is 37.9 Å². The van der Waals surface area contributed by atoms with Gasteiger partial charge in [0.15, 0.2) is 5.65 Å². The van der Waals surface area contributed by atoms with Crippen molar-refractivity contribution in [3.05, 3.63) is 36.5 Å². The SMILES string of the molecule is CC(C)CC(O)CNc1cccc(-c2n[nH]c3ncccc23)n1. The average Bonchev–Trinajstić information content (AvgIpc) is 2.97. The van der Waals surface area contributed by atoms with Crippen molar-refractivity contribution in [1.29, 1.82) is 0 Å². The summed E-state index contributed by atoms with van der Waals surface area (Å²) in [7, 11) is 0. The summed E-state index contributed by atoms with van der Waals surface area (Å²) in [6.07, 6.45) is 2.12. The molecule has 3 aromatic heterocycles. The molecule has 1 unspecified atom stereocenters. The topological polar surface area (TPSA) is 86.7 Å². The Balaban J connectivity index is 1.77. The second-order valence-electron chi connectivity index (χ2n) is 6.04.